The third-order valence-electron chi connectivity index (χ3n) is 3.22. The number of nitrogens with zero attached hydrogens (tertiary/aromatic N) is 2. The maximum atomic E-state index is 11.1. The van der Waals surface area contributed by atoms with Crippen LogP contribution in [0.5, 0.6) is 0 Å². The fraction of sp³-hybridized carbons (Fsp3) is 0.636. The highest BCUT2D eigenvalue weighted by Gasteiger charge is 2.34. The number of carboxylic acids is 1. The first-order chi connectivity index (χ1) is 7.61. The largest absolute Gasteiger partial charge is 0.481 e. The zero-order valence-corrected chi connectivity index (χ0v) is 9.51. The van der Waals surface area contributed by atoms with Crippen molar-refractivity contribution in [3.05, 3.63) is 17.5 Å². The van der Waals surface area contributed by atoms with Crippen molar-refractivity contribution in [3.8, 4) is 0 Å². The van der Waals surface area contributed by atoms with E-state index in [0.717, 1.165) is 17.7 Å². The molecule has 1 N–H and O–H groups in total. The minimum Gasteiger partial charge on any atom is -0.481 e. The lowest BCUT2D eigenvalue weighted by molar-refractivity contribution is -0.151. The van der Waals surface area contributed by atoms with E-state index < -0.39 is 11.9 Å². The fourth-order valence-electron chi connectivity index (χ4n) is 2.14. The lowest BCUT2D eigenvalue weighted by atomic mass is 9.90. The lowest BCUT2D eigenvalue weighted by Crippen LogP contribution is -2.29. The molecule has 2 heterocycles. The molecule has 1 fully saturated rings. The quantitative estimate of drug-likeness (QED) is 0.821. The third kappa shape index (κ3) is 1.82. The third-order valence-corrected chi connectivity index (χ3v) is 3.22. The van der Waals surface area contributed by atoms with E-state index in [1.807, 2.05) is 14.0 Å². The summed E-state index contributed by atoms with van der Waals surface area (Å²) < 4.78 is 7.34. The number of rotatable bonds is 2. The van der Waals surface area contributed by atoms with Gasteiger partial charge in [-0.25, -0.2) is 0 Å². The van der Waals surface area contributed by atoms with Crippen LogP contribution in [0.25, 0.3) is 0 Å². The van der Waals surface area contributed by atoms with Gasteiger partial charge in [-0.1, -0.05) is 0 Å². The number of aliphatic carboxylic acids is 1. The Morgan fingerprint density at radius 3 is 3.00 bits per heavy atom. The van der Waals surface area contributed by atoms with E-state index in [0.29, 0.717) is 13.0 Å². The topological polar surface area (TPSA) is 64.3 Å². The number of hydrogen-bond donors (Lipinski definition) is 1. The fourth-order valence-corrected chi connectivity index (χ4v) is 2.14. The van der Waals surface area contributed by atoms with E-state index in [-0.39, 0.29) is 6.10 Å². The summed E-state index contributed by atoms with van der Waals surface area (Å²) in [5.74, 6) is -1.23. The standard InChI is InChI=1S/C11H16N2O3/c1-7-9(6-12-13(7)2)10-8(11(14)15)4-3-5-16-10/h6,8,10H,3-5H2,1-2H3,(H,14,15). The van der Waals surface area contributed by atoms with Crippen molar-refractivity contribution in [2.75, 3.05) is 6.61 Å². The molecule has 5 heteroatoms. The molecule has 0 radical (unpaired) electrons. The molecule has 0 spiro atoms. The minimum absolute atomic E-state index is 0.347. The highest BCUT2D eigenvalue weighted by molar-refractivity contribution is 5.71. The molecule has 5 nitrogen and oxygen atoms in total. The van der Waals surface area contributed by atoms with E-state index >= 15 is 0 Å². The normalized spacial score (nSPS) is 25.6. The summed E-state index contributed by atoms with van der Waals surface area (Å²) >= 11 is 0. The molecule has 0 amide bonds. The molecule has 88 valence electrons. The van der Waals surface area contributed by atoms with Crippen LogP contribution in [0.4, 0.5) is 0 Å². The van der Waals surface area contributed by atoms with Gasteiger partial charge in [0.05, 0.1) is 18.2 Å². The Labute approximate surface area is 94.0 Å². The minimum atomic E-state index is -0.784. The zero-order chi connectivity index (χ0) is 11.7. The molecule has 1 saturated heterocycles. The summed E-state index contributed by atoms with van der Waals surface area (Å²) in [6.45, 7) is 2.56. The van der Waals surface area contributed by atoms with Crippen molar-refractivity contribution in [2.24, 2.45) is 13.0 Å². The van der Waals surface area contributed by atoms with Crippen molar-refractivity contribution in [3.63, 3.8) is 0 Å². The Bertz CT molecular complexity index is 400. The van der Waals surface area contributed by atoms with Gasteiger partial charge in [0.1, 0.15) is 0 Å². The van der Waals surface area contributed by atoms with Crippen LogP contribution in [0.1, 0.15) is 30.2 Å². The van der Waals surface area contributed by atoms with E-state index in [2.05, 4.69) is 5.10 Å². The van der Waals surface area contributed by atoms with Gasteiger partial charge in [-0.05, 0) is 19.8 Å². The Kier molecular flexibility index (Phi) is 2.96. The van der Waals surface area contributed by atoms with E-state index in [4.69, 9.17) is 9.84 Å². The van der Waals surface area contributed by atoms with Crippen LogP contribution in [-0.4, -0.2) is 27.5 Å². The zero-order valence-electron chi connectivity index (χ0n) is 9.51. The van der Waals surface area contributed by atoms with Crippen molar-refractivity contribution < 1.29 is 14.6 Å². The molecule has 0 bridgehead atoms. The summed E-state index contributed by atoms with van der Waals surface area (Å²) in [7, 11) is 1.84. The maximum Gasteiger partial charge on any atom is 0.309 e. The van der Waals surface area contributed by atoms with Crippen LogP contribution in [-0.2, 0) is 16.6 Å². The second kappa shape index (κ2) is 4.25. The number of aromatic nitrogens is 2. The molecule has 16 heavy (non-hydrogen) atoms. The molecule has 0 saturated carbocycles. The highest BCUT2D eigenvalue weighted by Crippen LogP contribution is 2.34. The van der Waals surface area contributed by atoms with Gasteiger partial charge in [-0.3, -0.25) is 9.48 Å². The first-order valence-electron chi connectivity index (χ1n) is 5.44. The van der Waals surface area contributed by atoms with Gasteiger partial charge in [0.15, 0.2) is 0 Å². The molecule has 1 aliphatic rings. The maximum absolute atomic E-state index is 11.1. The Balaban J connectivity index is 2.30. The van der Waals surface area contributed by atoms with E-state index in [1.165, 1.54) is 0 Å². The molecular weight excluding hydrogens is 208 g/mol. The van der Waals surface area contributed by atoms with Crippen molar-refractivity contribution in [2.45, 2.75) is 25.9 Å². The molecule has 1 aliphatic heterocycles. The van der Waals surface area contributed by atoms with E-state index in [9.17, 15) is 4.79 Å². The molecule has 2 unspecified atom stereocenters. The second-order valence-electron chi connectivity index (χ2n) is 4.19. The number of ether oxygens (including phenoxy) is 1. The van der Waals surface area contributed by atoms with Gasteiger partial charge >= 0.3 is 5.97 Å². The Morgan fingerprint density at radius 1 is 1.69 bits per heavy atom. The highest BCUT2D eigenvalue weighted by atomic mass is 16.5. The number of carboxylic acid groups (broad SMARTS) is 1. The van der Waals surface area contributed by atoms with Gasteiger partial charge < -0.3 is 9.84 Å². The Morgan fingerprint density at radius 2 is 2.44 bits per heavy atom. The summed E-state index contributed by atoms with van der Waals surface area (Å²) in [5, 5.41) is 13.3. The molecule has 0 aliphatic carbocycles. The van der Waals surface area contributed by atoms with Crippen molar-refractivity contribution in [1.29, 1.82) is 0 Å². The summed E-state index contributed by atoms with van der Waals surface area (Å²) in [6.07, 6.45) is 2.85. The molecule has 0 aromatic carbocycles. The SMILES string of the molecule is Cc1c(C2OCCCC2C(=O)O)cnn1C. The van der Waals surface area contributed by atoms with Crippen LogP contribution in [0, 0.1) is 12.8 Å². The number of aryl methyl sites for hydroxylation is 1. The average Bonchev–Trinajstić information content (AvgIpc) is 2.60. The summed E-state index contributed by atoms with van der Waals surface area (Å²) in [4.78, 5) is 11.1. The van der Waals surface area contributed by atoms with Crippen molar-refractivity contribution in [1.82, 2.24) is 9.78 Å². The van der Waals surface area contributed by atoms with Crippen LogP contribution < -0.4 is 0 Å². The van der Waals surface area contributed by atoms with Crippen LogP contribution in [0.3, 0.4) is 0 Å². The van der Waals surface area contributed by atoms with Gasteiger partial charge in [0, 0.05) is 24.9 Å². The number of hydrogen-bond acceptors (Lipinski definition) is 3. The van der Waals surface area contributed by atoms with Gasteiger partial charge in [-0.2, -0.15) is 5.10 Å². The predicted octanol–water partition coefficient (Wildman–Crippen LogP) is 1.28. The Hall–Kier alpha value is -1.36. The van der Waals surface area contributed by atoms with Crippen LogP contribution in [0.2, 0.25) is 0 Å². The average molecular weight is 224 g/mol. The van der Waals surface area contributed by atoms with E-state index in [1.54, 1.807) is 10.9 Å². The summed E-state index contributed by atoms with van der Waals surface area (Å²) in [5.41, 5.74) is 1.87. The van der Waals surface area contributed by atoms with Gasteiger partial charge in [0.2, 0.25) is 0 Å². The molecule has 2 atom stereocenters. The van der Waals surface area contributed by atoms with Gasteiger partial charge in [0.25, 0.3) is 0 Å². The first kappa shape index (κ1) is 11.1. The molecular formula is C11H16N2O3. The predicted molar refractivity (Wildman–Crippen MR) is 57.0 cm³/mol. The number of carbonyl (C=O) groups is 1. The smallest absolute Gasteiger partial charge is 0.309 e. The monoisotopic (exact) mass is 224 g/mol. The molecule has 1 aromatic heterocycles. The van der Waals surface area contributed by atoms with Crippen LogP contribution >= 0.6 is 0 Å². The van der Waals surface area contributed by atoms with Gasteiger partial charge in [-0.15, -0.1) is 0 Å². The second-order valence-corrected chi connectivity index (χ2v) is 4.19. The summed E-state index contributed by atoms with van der Waals surface area (Å²) in [6, 6.07) is 0. The molecule has 1 aromatic rings. The van der Waals surface area contributed by atoms with Crippen LogP contribution in [0.15, 0.2) is 6.20 Å². The lowest BCUT2D eigenvalue weighted by Gasteiger charge is -2.28. The molecule has 2 rings (SSSR count). The first-order valence-corrected chi connectivity index (χ1v) is 5.44. The van der Waals surface area contributed by atoms with Crippen molar-refractivity contribution >= 4 is 5.97 Å².